The van der Waals surface area contributed by atoms with E-state index < -0.39 is 5.82 Å². The van der Waals surface area contributed by atoms with E-state index in [-0.39, 0.29) is 11.9 Å². The van der Waals surface area contributed by atoms with Crippen LogP contribution in [0.25, 0.3) is 16.6 Å². The van der Waals surface area contributed by atoms with Crippen LogP contribution >= 0.6 is 0 Å². The lowest BCUT2D eigenvalue weighted by molar-refractivity contribution is 0.0754. The number of rotatable bonds is 7. The normalized spacial score (nSPS) is 20.6. The Kier molecular flexibility index (Phi) is 7.13. The number of aryl methyl sites for hydroxylation is 1. The van der Waals surface area contributed by atoms with Crippen molar-refractivity contribution in [2.45, 2.75) is 46.1 Å². The van der Waals surface area contributed by atoms with Crippen LogP contribution < -0.4 is 0 Å². The molecule has 2 saturated heterocycles. The number of ether oxygens (including phenoxy) is 1. The number of likely N-dealkylation sites (tertiary alicyclic amines) is 1. The number of fused-ring (bicyclic) bond motifs is 1. The molecule has 0 N–H and O–H groups in total. The van der Waals surface area contributed by atoms with Gasteiger partial charge in [-0.15, -0.1) is 0 Å². The van der Waals surface area contributed by atoms with Crippen LogP contribution in [0.5, 0.6) is 0 Å². The Labute approximate surface area is 213 Å². The van der Waals surface area contributed by atoms with E-state index in [9.17, 15) is 9.18 Å². The predicted molar refractivity (Wildman–Crippen MR) is 140 cm³/mol. The number of aromatic nitrogens is 2. The van der Waals surface area contributed by atoms with Gasteiger partial charge in [-0.05, 0) is 87.7 Å². The van der Waals surface area contributed by atoms with Crippen molar-refractivity contribution in [3.8, 4) is 5.69 Å². The van der Waals surface area contributed by atoms with E-state index in [1.807, 2.05) is 30.8 Å². The summed E-state index contributed by atoms with van der Waals surface area (Å²) in [7, 11) is 1.76. The summed E-state index contributed by atoms with van der Waals surface area (Å²) in [6.45, 7) is 11.2. The molecule has 0 radical (unpaired) electrons. The molecule has 6 nitrogen and oxygen atoms in total. The third-order valence-electron chi connectivity index (χ3n) is 7.94. The number of amides is 1. The summed E-state index contributed by atoms with van der Waals surface area (Å²) < 4.78 is 21.9. The third-order valence-corrected chi connectivity index (χ3v) is 7.94. The maximum absolute atomic E-state index is 14.3. The fraction of sp³-hybridized carbons (Fsp3) is 0.517. The van der Waals surface area contributed by atoms with Crippen LogP contribution in [0.3, 0.4) is 0 Å². The van der Waals surface area contributed by atoms with Crippen molar-refractivity contribution in [3.05, 3.63) is 59.3 Å². The Morgan fingerprint density at radius 2 is 2.08 bits per heavy atom. The second-order valence-electron chi connectivity index (χ2n) is 10.9. The minimum atomic E-state index is -0.413. The van der Waals surface area contributed by atoms with Gasteiger partial charge in [0.25, 0.3) is 5.91 Å². The molecule has 1 aromatic carbocycles. The van der Waals surface area contributed by atoms with E-state index in [0.29, 0.717) is 23.1 Å². The molecule has 1 amide bonds. The van der Waals surface area contributed by atoms with Crippen LogP contribution in [0.2, 0.25) is 0 Å². The van der Waals surface area contributed by atoms with E-state index in [1.54, 1.807) is 18.0 Å². The number of hydrogen-bond acceptors (Lipinski definition) is 4. The molecule has 0 saturated carbocycles. The topological polar surface area (TPSA) is 50.6 Å². The van der Waals surface area contributed by atoms with Crippen molar-refractivity contribution < 1.29 is 13.9 Å². The number of halogens is 1. The van der Waals surface area contributed by atoms with Crippen LogP contribution in [-0.2, 0) is 11.2 Å². The predicted octanol–water partition coefficient (Wildman–Crippen LogP) is 4.85. The molecule has 3 aromatic rings. The van der Waals surface area contributed by atoms with Gasteiger partial charge in [0.2, 0.25) is 0 Å². The minimum Gasteiger partial charge on any atom is -0.381 e. The summed E-state index contributed by atoms with van der Waals surface area (Å²) in [6.07, 6.45) is 9.24. The first-order valence-corrected chi connectivity index (χ1v) is 13.1. The minimum absolute atomic E-state index is 0.00982. The van der Waals surface area contributed by atoms with Gasteiger partial charge in [-0.1, -0.05) is 0 Å². The van der Waals surface area contributed by atoms with Crippen LogP contribution in [0, 0.1) is 24.6 Å². The maximum atomic E-state index is 14.3. The molecule has 0 unspecified atom stereocenters. The van der Waals surface area contributed by atoms with Crippen molar-refractivity contribution in [1.82, 2.24) is 19.4 Å². The highest BCUT2D eigenvalue weighted by molar-refractivity contribution is 5.99. The first-order valence-electron chi connectivity index (χ1n) is 13.1. The number of pyridine rings is 1. The van der Waals surface area contributed by atoms with Crippen molar-refractivity contribution in [2.24, 2.45) is 11.8 Å². The summed E-state index contributed by atoms with van der Waals surface area (Å²) in [6, 6.07) is 4.50. The number of nitrogens with zero attached hydrogens (tertiary/aromatic N) is 4. The van der Waals surface area contributed by atoms with Gasteiger partial charge in [0.15, 0.2) is 0 Å². The fourth-order valence-corrected chi connectivity index (χ4v) is 5.76. The molecule has 2 atom stereocenters. The number of carbonyl (C=O) groups is 1. The standard InChI is InChI=1S/C29H37FN4O2/c1-19(2)32(4)29(35)25-12-24(30)5-6-26(25)34-17-23(28-20(3)13-31-14-27(28)34)11-21-7-9-33(15-21)16-22-8-10-36-18-22/h5-6,12-14,17,19,21-22H,7-11,15-16,18H2,1-4H3/t21-,22+/m0/s1. The summed E-state index contributed by atoms with van der Waals surface area (Å²) in [5, 5.41) is 1.19. The molecule has 192 valence electrons. The van der Waals surface area contributed by atoms with Gasteiger partial charge in [0, 0.05) is 50.6 Å². The molecule has 2 aliphatic heterocycles. The van der Waals surface area contributed by atoms with Crippen LogP contribution in [0.15, 0.2) is 36.8 Å². The Morgan fingerprint density at radius 1 is 1.25 bits per heavy atom. The molecule has 0 bridgehead atoms. The largest absolute Gasteiger partial charge is 0.381 e. The second-order valence-corrected chi connectivity index (χ2v) is 10.9. The highest BCUT2D eigenvalue weighted by Crippen LogP contribution is 2.33. The first kappa shape index (κ1) is 24.9. The summed E-state index contributed by atoms with van der Waals surface area (Å²) in [4.78, 5) is 22.0. The molecule has 7 heteroatoms. The number of benzene rings is 1. The van der Waals surface area contributed by atoms with Crippen LogP contribution in [0.1, 0.15) is 48.2 Å². The summed E-state index contributed by atoms with van der Waals surface area (Å²) >= 11 is 0. The maximum Gasteiger partial charge on any atom is 0.256 e. The first-order chi connectivity index (χ1) is 17.3. The van der Waals surface area contributed by atoms with Crippen molar-refractivity contribution in [2.75, 3.05) is 39.9 Å². The number of hydrogen-bond donors (Lipinski definition) is 0. The lowest BCUT2D eigenvalue weighted by Crippen LogP contribution is -2.33. The van der Waals surface area contributed by atoms with Crippen molar-refractivity contribution in [3.63, 3.8) is 0 Å². The van der Waals surface area contributed by atoms with Gasteiger partial charge in [-0.25, -0.2) is 4.39 Å². The molecule has 36 heavy (non-hydrogen) atoms. The van der Waals surface area contributed by atoms with E-state index in [0.717, 1.165) is 50.3 Å². The Balaban J connectivity index is 1.48. The average molecular weight is 493 g/mol. The third kappa shape index (κ3) is 4.91. The van der Waals surface area contributed by atoms with E-state index in [1.165, 1.54) is 35.9 Å². The summed E-state index contributed by atoms with van der Waals surface area (Å²) in [5.41, 5.74) is 4.39. The molecule has 0 aliphatic carbocycles. The number of carbonyl (C=O) groups excluding carboxylic acids is 1. The second kappa shape index (κ2) is 10.3. The smallest absolute Gasteiger partial charge is 0.256 e. The van der Waals surface area contributed by atoms with Crippen molar-refractivity contribution >= 4 is 16.8 Å². The lowest BCUT2D eigenvalue weighted by atomic mass is 9.97. The van der Waals surface area contributed by atoms with Gasteiger partial charge in [0.05, 0.1) is 29.6 Å². The molecule has 0 spiro atoms. The van der Waals surface area contributed by atoms with Gasteiger partial charge in [-0.2, -0.15) is 0 Å². The highest BCUT2D eigenvalue weighted by Gasteiger charge is 2.28. The SMILES string of the molecule is Cc1cncc2c1c(C[C@@H]1CCN(C[C@H]3CCOC3)C1)cn2-c1ccc(F)cc1C(=O)N(C)C(C)C. The zero-order valence-electron chi connectivity index (χ0n) is 21.8. The molecular weight excluding hydrogens is 455 g/mol. The Morgan fingerprint density at radius 3 is 2.83 bits per heavy atom. The van der Waals surface area contributed by atoms with Gasteiger partial charge < -0.3 is 19.1 Å². The molecule has 2 aromatic heterocycles. The quantitative estimate of drug-likeness (QED) is 0.473. The molecular formula is C29H37FN4O2. The molecule has 2 aliphatic rings. The fourth-order valence-electron chi connectivity index (χ4n) is 5.76. The van der Waals surface area contributed by atoms with E-state index in [2.05, 4.69) is 23.0 Å². The highest BCUT2D eigenvalue weighted by atomic mass is 19.1. The molecule has 4 heterocycles. The van der Waals surface area contributed by atoms with Crippen LogP contribution in [0.4, 0.5) is 4.39 Å². The zero-order valence-corrected chi connectivity index (χ0v) is 21.8. The van der Waals surface area contributed by atoms with Gasteiger partial charge >= 0.3 is 0 Å². The zero-order chi connectivity index (χ0) is 25.4. The monoisotopic (exact) mass is 492 g/mol. The van der Waals surface area contributed by atoms with Gasteiger partial charge in [0.1, 0.15) is 5.82 Å². The lowest BCUT2D eigenvalue weighted by Gasteiger charge is -2.23. The van der Waals surface area contributed by atoms with E-state index >= 15 is 0 Å². The van der Waals surface area contributed by atoms with Gasteiger partial charge in [-0.3, -0.25) is 9.78 Å². The van der Waals surface area contributed by atoms with E-state index in [4.69, 9.17) is 4.74 Å². The Bertz CT molecular complexity index is 1250. The Hall–Kier alpha value is -2.77. The molecule has 2 fully saturated rings. The average Bonchev–Trinajstić information content (AvgIpc) is 3.60. The molecule has 5 rings (SSSR count). The van der Waals surface area contributed by atoms with Crippen LogP contribution in [-0.4, -0.2) is 71.2 Å². The van der Waals surface area contributed by atoms with Crippen molar-refractivity contribution in [1.29, 1.82) is 0 Å². The summed E-state index contributed by atoms with van der Waals surface area (Å²) in [5.74, 6) is 0.646.